The van der Waals surface area contributed by atoms with Gasteiger partial charge >= 0.3 is 0 Å². The smallest absolute Gasteiger partial charge is 0.250 e. The summed E-state index contributed by atoms with van der Waals surface area (Å²) in [5.41, 5.74) is 6.79. The van der Waals surface area contributed by atoms with Crippen molar-refractivity contribution in [2.24, 2.45) is 0 Å². The number of carbonyl (C=O) groups excluding carboxylic acids is 1. The van der Waals surface area contributed by atoms with Crippen molar-refractivity contribution in [2.45, 2.75) is 52.1 Å². The van der Waals surface area contributed by atoms with Crippen LogP contribution in [0.3, 0.4) is 0 Å². The van der Waals surface area contributed by atoms with Gasteiger partial charge in [-0.05, 0) is 31.5 Å². The predicted octanol–water partition coefficient (Wildman–Crippen LogP) is 4.24. The molecule has 21 heavy (non-hydrogen) atoms. The molecule has 0 fully saturated rings. The fourth-order valence-electron chi connectivity index (χ4n) is 1.99. The fraction of sp³-hybridized carbons (Fsp3) is 0.562. The topological polar surface area (TPSA) is 64.3 Å². The molecular weight excluding hydrogens is 288 g/mol. The van der Waals surface area contributed by atoms with Gasteiger partial charge in [-0.15, -0.1) is 0 Å². The van der Waals surface area contributed by atoms with E-state index in [1.54, 1.807) is 18.2 Å². The third-order valence-corrected chi connectivity index (χ3v) is 3.49. The van der Waals surface area contributed by atoms with E-state index in [0.717, 1.165) is 12.8 Å². The van der Waals surface area contributed by atoms with E-state index >= 15 is 0 Å². The summed E-state index contributed by atoms with van der Waals surface area (Å²) in [6.45, 7) is 4.22. The number of hydrogen-bond donors (Lipinski definition) is 2. The van der Waals surface area contributed by atoms with Crippen molar-refractivity contribution < 1.29 is 9.53 Å². The van der Waals surface area contributed by atoms with Crippen molar-refractivity contribution in [3.05, 3.63) is 23.2 Å². The summed E-state index contributed by atoms with van der Waals surface area (Å²) in [7, 11) is 0. The highest BCUT2D eigenvalue weighted by molar-refractivity contribution is 6.31. The van der Waals surface area contributed by atoms with Crippen molar-refractivity contribution >= 4 is 28.9 Å². The summed E-state index contributed by atoms with van der Waals surface area (Å²) in [6, 6.07) is 4.98. The zero-order valence-electron chi connectivity index (χ0n) is 12.8. The number of halogens is 1. The molecule has 0 aliphatic carbocycles. The maximum atomic E-state index is 11.8. The first-order chi connectivity index (χ1) is 10.0. The first kappa shape index (κ1) is 17.8. The Balaban J connectivity index is 2.27. The van der Waals surface area contributed by atoms with E-state index in [9.17, 15) is 4.79 Å². The molecule has 1 aromatic rings. The van der Waals surface area contributed by atoms with Gasteiger partial charge in [0.1, 0.15) is 6.61 Å². The van der Waals surface area contributed by atoms with Crippen LogP contribution in [0.25, 0.3) is 0 Å². The molecule has 3 N–H and O–H groups in total. The average molecular weight is 313 g/mol. The number of hydrogen-bond acceptors (Lipinski definition) is 3. The summed E-state index contributed by atoms with van der Waals surface area (Å²) in [6.07, 6.45) is 5.91. The van der Waals surface area contributed by atoms with Gasteiger partial charge in [0, 0.05) is 5.02 Å². The molecule has 0 radical (unpaired) electrons. The third-order valence-electron chi connectivity index (χ3n) is 3.25. The molecule has 0 spiro atoms. The van der Waals surface area contributed by atoms with E-state index < -0.39 is 0 Å². The number of nitrogen functional groups attached to an aromatic ring is 1. The maximum absolute atomic E-state index is 11.8. The summed E-state index contributed by atoms with van der Waals surface area (Å²) in [5.74, 6) is -0.204. The zero-order valence-corrected chi connectivity index (χ0v) is 13.6. The number of nitrogens with one attached hydrogen (secondary N) is 1. The van der Waals surface area contributed by atoms with Crippen LogP contribution in [0.4, 0.5) is 11.4 Å². The number of rotatable bonds is 9. The second-order valence-electron chi connectivity index (χ2n) is 5.25. The number of carbonyl (C=O) groups is 1. The van der Waals surface area contributed by atoms with Crippen LogP contribution in [0, 0.1) is 0 Å². The second-order valence-corrected chi connectivity index (χ2v) is 5.69. The van der Waals surface area contributed by atoms with Crippen LogP contribution >= 0.6 is 11.6 Å². The van der Waals surface area contributed by atoms with Gasteiger partial charge in [-0.3, -0.25) is 4.79 Å². The Morgan fingerprint density at radius 2 is 2.14 bits per heavy atom. The van der Waals surface area contributed by atoms with Gasteiger partial charge in [0.25, 0.3) is 0 Å². The molecular formula is C16H25ClN2O2. The third kappa shape index (κ3) is 7.34. The van der Waals surface area contributed by atoms with E-state index in [1.807, 2.05) is 6.92 Å². The number of anilines is 2. The number of amides is 1. The van der Waals surface area contributed by atoms with E-state index in [4.69, 9.17) is 22.1 Å². The van der Waals surface area contributed by atoms with Gasteiger partial charge in [-0.1, -0.05) is 44.2 Å². The van der Waals surface area contributed by atoms with Crippen molar-refractivity contribution in [3.8, 4) is 0 Å². The minimum absolute atomic E-state index is 0.0387. The minimum atomic E-state index is -0.204. The fourth-order valence-corrected chi connectivity index (χ4v) is 2.17. The van der Waals surface area contributed by atoms with E-state index in [0.29, 0.717) is 16.4 Å². The van der Waals surface area contributed by atoms with Crippen LogP contribution in [-0.4, -0.2) is 18.6 Å². The lowest BCUT2D eigenvalue weighted by atomic mass is 10.1. The monoisotopic (exact) mass is 312 g/mol. The molecule has 0 saturated carbocycles. The highest BCUT2D eigenvalue weighted by Crippen LogP contribution is 2.22. The van der Waals surface area contributed by atoms with Gasteiger partial charge in [-0.25, -0.2) is 0 Å². The predicted molar refractivity (Wildman–Crippen MR) is 88.7 cm³/mol. The molecule has 5 heteroatoms. The Kier molecular flexibility index (Phi) is 8.16. The molecule has 4 nitrogen and oxygen atoms in total. The molecule has 1 rings (SSSR count). The molecule has 0 aliphatic rings. The van der Waals surface area contributed by atoms with Crippen LogP contribution in [0.15, 0.2) is 18.2 Å². The normalized spacial score (nSPS) is 12.1. The van der Waals surface area contributed by atoms with E-state index in [2.05, 4.69) is 12.2 Å². The van der Waals surface area contributed by atoms with Crippen molar-refractivity contribution in [1.82, 2.24) is 0 Å². The van der Waals surface area contributed by atoms with Gasteiger partial charge < -0.3 is 15.8 Å². The summed E-state index contributed by atoms with van der Waals surface area (Å²) in [4.78, 5) is 11.8. The number of ether oxygens (including phenoxy) is 1. The Morgan fingerprint density at radius 3 is 2.81 bits per heavy atom. The maximum Gasteiger partial charge on any atom is 0.250 e. The lowest BCUT2D eigenvalue weighted by molar-refractivity contribution is -0.122. The molecule has 0 aliphatic heterocycles. The van der Waals surface area contributed by atoms with Crippen molar-refractivity contribution in [2.75, 3.05) is 17.7 Å². The van der Waals surface area contributed by atoms with Crippen LogP contribution in [0.1, 0.15) is 46.0 Å². The number of unbranched alkanes of at least 4 members (excludes halogenated alkanes) is 3. The standard InChI is InChI=1S/C16H25ClN2O2/c1-3-4-5-6-7-12(2)21-11-16(20)19-15-9-8-13(17)10-14(15)18/h8-10,12H,3-7,11,18H2,1-2H3,(H,19,20). The molecule has 0 bridgehead atoms. The van der Waals surface area contributed by atoms with E-state index in [1.165, 1.54) is 19.3 Å². The molecule has 1 amide bonds. The summed E-state index contributed by atoms with van der Waals surface area (Å²) >= 11 is 5.81. The number of nitrogens with two attached hydrogens (primary N) is 1. The van der Waals surface area contributed by atoms with Gasteiger partial charge in [-0.2, -0.15) is 0 Å². The second kappa shape index (κ2) is 9.64. The van der Waals surface area contributed by atoms with Crippen molar-refractivity contribution in [1.29, 1.82) is 0 Å². The SMILES string of the molecule is CCCCCCC(C)OCC(=O)Nc1ccc(Cl)cc1N. The van der Waals surface area contributed by atoms with Crippen molar-refractivity contribution in [3.63, 3.8) is 0 Å². The Morgan fingerprint density at radius 1 is 1.38 bits per heavy atom. The highest BCUT2D eigenvalue weighted by atomic mass is 35.5. The van der Waals surface area contributed by atoms with Crippen LogP contribution in [0.5, 0.6) is 0 Å². The summed E-state index contributed by atoms with van der Waals surface area (Å²) in [5, 5.41) is 3.27. The number of benzene rings is 1. The van der Waals surface area contributed by atoms with Crippen LogP contribution in [-0.2, 0) is 9.53 Å². The molecule has 0 saturated heterocycles. The highest BCUT2D eigenvalue weighted by Gasteiger charge is 2.09. The zero-order chi connectivity index (χ0) is 15.7. The first-order valence-electron chi connectivity index (χ1n) is 7.49. The van der Waals surface area contributed by atoms with Gasteiger partial charge in [0.05, 0.1) is 17.5 Å². The molecule has 1 atom stereocenters. The van der Waals surface area contributed by atoms with Gasteiger partial charge in [0.15, 0.2) is 0 Å². The first-order valence-corrected chi connectivity index (χ1v) is 7.87. The van der Waals surface area contributed by atoms with Crippen LogP contribution < -0.4 is 11.1 Å². The Labute approximate surface area is 132 Å². The minimum Gasteiger partial charge on any atom is -0.397 e. The molecule has 1 aromatic carbocycles. The molecule has 118 valence electrons. The quantitative estimate of drug-likeness (QED) is 0.529. The van der Waals surface area contributed by atoms with Crippen LogP contribution in [0.2, 0.25) is 5.02 Å². The average Bonchev–Trinajstić information content (AvgIpc) is 2.44. The largest absolute Gasteiger partial charge is 0.397 e. The molecule has 0 aromatic heterocycles. The van der Waals surface area contributed by atoms with Gasteiger partial charge in [0.2, 0.25) is 5.91 Å². The Bertz CT molecular complexity index is 452. The molecule has 0 heterocycles. The molecule has 1 unspecified atom stereocenters. The summed E-state index contributed by atoms with van der Waals surface area (Å²) < 4.78 is 5.54. The lowest BCUT2D eigenvalue weighted by Gasteiger charge is -2.13. The lowest BCUT2D eigenvalue weighted by Crippen LogP contribution is -2.22. The van der Waals surface area contributed by atoms with E-state index in [-0.39, 0.29) is 18.6 Å². The Hall–Kier alpha value is -1.26.